The molecular weight excluding hydrogens is 564 g/mol. The molecule has 4 aromatic carbocycles. The van der Waals surface area contributed by atoms with E-state index in [1.54, 1.807) is 15.5 Å². The van der Waals surface area contributed by atoms with Crippen LogP contribution in [0.4, 0.5) is 10.5 Å². The highest BCUT2D eigenvalue weighted by atomic mass is 79.9. The van der Waals surface area contributed by atoms with E-state index in [0.29, 0.717) is 35.4 Å². The molecule has 0 bridgehead atoms. The van der Waals surface area contributed by atoms with Crippen molar-refractivity contribution >= 4 is 38.6 Å². The number of nitrogens with one attached hydrogen (secondary N) is 1. The van der Waals surface area contributed by atoms with E-state index in [1.165, 1.54) is 0 Å². The third-order valence-corrected chi connectivity index (χ3v) is 7.79. The Morgan fingerprint density at radius 1 is 0.950 bits per heavy atom. The van der Waals surface area contributed by atoms with E-state index in [4.69, 9.17) is 4.98 Å². The molecular formula is C33H31BrN4O2. The molecule has 40 heavy (non-hydrogen) atoms. The summed E-state index contributed by atoms with van der Waals surface area (Å²) in [6.07, 6.45) is 0.649. The lowest BCUT2D eigenvalue weighted by Crippen LogP contribution is -2.41. The molecule has 0 saturated heterocycles. The van der Waals surface area contributed by atoms with Crippen molar-refractivity contribution in [1.82, 2.24) is 14.5 Å². The van der Waals surface area contributed by atoms with Gasteiger partial charge in [-0.3, -0.25) is 9.36 Å². The molecule has 5 aromatic rings. The number of rotatable bonds is 7. The quantitative estimate of drug-likeness (QED) is 0.211. The second-order valence-corrected chi connectivity index (χ2v) is 10.8. The highest BCUT2D eigenvalue weighted by Crippen LogP contribution is 2.27. The normalized spacial score (nSPS) is 11.8. The SMILES string of the molecule is Cc1ccc(-n2c(C(C)N(CCc3ccccc3)C(=O)Nc3ccccc3Br)nc3ccccc3c2=O)c(C)c1. The van der Waals surface area contributed by atoms with Crippen LogP contribution in [0.3, 0.4) is 0 Å². The molecule has 0 radical (unpaired) electrons. The van der Waals surface area contributed by atoms with Crippen molar-refractivity contribution in [2.24, 2.45) is 0 Å². The standard InChI is InChI=1S/C33H31BrN4O2/c1-22-17-18-30(23(2)21-22)38-31(35-28-15-9-7-13-26(28)32(38)39)24(3)37(20-19-25-11-5-4-6-12-25)33(40)36-29-16-10-8-14-27(29)34/h4-18,21,24H,19-20H2,1-3H3,(H,36,40). The third-order valence-electron chi connectivity index (χ3n) is 7.10. The van der Waals surface area contributed by atoms with Gasteiger partial charge in [0.2, 0.25) is 0 Å². The van der Waals surface area contributed by atoms with Gasteiger partial charge >= 0.3 is 6.03 Å². The molecule has 202 valence electrons. The van der Waals surface area contributed by atoms with E-state index >= 15 is 0 Å². The van der Waals surface area contributed by atoms with Crippen LogP contribution in [-0.4, -0.2) is 27.0 Å². The second kappa shape index (κ2) is 11.9. The van der Waals surface area contributed by atoms with Crippen LogP contribution in [0.5, 0.6) is 0 Å². The summed E-state index contributed by atoms with van der Waals surface area (Å²) in [7, 11) is 0. The van der Waals surface area contributed by atoms with Crippen LogP contribution in [0.1, 0.15) is 35.5 Å². The molecule has 1 aromatic heterocycles. The van der Waals surface area contributed by atoms with E-state index in [2.05, 4.69) is 39.4 Å². The number of hydrogen-bond donors (Lipinski definition) is 1. The van der Waals surface area contributed by atoms with Crippen LogP contribution in [0.2, 0.25) is 0 Å². The van der Waals surface area contributed by atoms with Gasteiger partial charge in [0.25, 0.3) is 5.56 Å². The van der Waals surface area contributed by atoms with Crippen LogP contribution in [0, 0.1) is 13.8 Å². The van der Waals surface area contributed by atoms with Crippen molar-refractivity contribution < 1.29 is 4.79 Å². The molecule has 5 rings (SSSR count). The molecule has 1 atom stereocenters. The fraction of sp³-hybridized carbons (Fsp3) is 0.182. The number of para-hydroxylation sites is 2. The number of hydrogen-bond acceptors (Lipinski definition) is 3. The van der Waals surface area contributed by atoms with Crippen molar-refractivity contribution in [2.75, 3.05) is 11.9 Å². The molecule has 0 saturated carbocycles. The number of aromatic nitrogens is 2. The second-order valence-electron chi connectivity index (χ2n) is 9.93. The topological polar surface area (TPSA) is 67.2 Å². The first kappa shape index (κ1) is 27.3. The van der Waals surface area contributed by atoms with E-state index in [0.717, 1.165) is 26.9 Å². The van der Waals surface area contributed by atoms with E-state index < -0.39 is 6.04 Å². The molecule has 2 amide bonds. The van der Waals surface area contributed by atoms with Gasteiger partial charge in [0, 0.05) is 11.0 Å². The average molecular weight is 596 g/mol. The molecule has 0 aliphatic heterocycles. The minimum atomic E-state index is -0.524. The Bertz CT molecular complexity index is 1730. The van der Waals surface area contributed by atoms with E-state index in [-0.39, 0.29) is 11.6 Å². The summed E-state index contributed by atoms with van der Waals surface area (Å²) in [5, 5.41) is 3.59. The van der Waals surface area contributed by atoms with Gasteiger partial charge < -0.3 is 10.2 Å². The molecule has 7 heteroatoms. The predicted octanol–water partition coefficient (Wildman–Crippen LogP) is 7.60. The van der Waals surface area contributed by atoms with Crippen LogP contribution < -0.4 is 10.9 Å². The number of fused-ring (bicyclic) bond motifs is 1. The van der Waals surface area contributed by atoms with Gasteiger partial charge in [-0.25, -0.2) is 9.78 Å². The van der Waals surface area contributed by atoms with Gasteiger partial charge in [-0.1, -0.05) is 72.3 Å². The summed E-state index contributed by atoms with van der Waals surface area (Å²) < 4.78 is 2.46. The smallest absolute Gasteiger partial charge is 0.314 e. The highest BCUT2D eigenvalue weighted by molar-refractivity contribution is 9.10. The van der Waals surface area contributed by atoms with Crippen molar-refractivity contribution in [3.8, 4) is 5.69 Å². The molecule has 0 fully saturated rings. The zero-order valence-electron chi connectivity index (χ0n) is 22.8. The number of amides is 2. The summed E-state index contributed by atoms with van der Waals surface area (Å²) in [4.78, 5) is 34.6. The van der Waals surface area contributed by atoms with Gasteiger partial charge in [0.1, 0.15) is 5.82 Å². The van der Waals surface area contributed by atoms with Crippen molar-refractivity contribution in [3.05, 3.63) is 134 Å². The average Bonchev–Trinajstić information content (AvgIpc) is 2.95. The van der Waals surface area contributed by atoms with Gasteiger partial charge in [0.05, 0.1) is 28.3 Å². The lowest BCUT2D eigenvalue weighted by Gasteiger charge is -2.31. The lowest BCUT2D eigenvalue weighted by molar-refractivity contribution is 0.190. The maximum Gasteiger partial charge on any atom is 0.322 e. The summed E-state index contributed by atoms with van der Waals surface area (Å²) in [6.45, 7) is 6.38. The Morgan fingerprint density at radius 3 is 2.40 bits per heavy atom. The first-order valence-electron chi connectivity index (χ1n) is 13.3. The van der Waals surface area contributed by atoms with Gasteiger partial charge in [-0.2, -0.15) is 0 Å². The third kappa shape index (κ3) is 5.70. The maximum absolute atomic E-state index is 14.0. The van der Waals surface area contributed by atoms with Crippen molar-refractivity contribution in [1.29, 1.82) is 0 Å². The Balaban J connectivity index is 1.63. The first-order chi connectivity index (χ1) is 19.3. The van der Waals surface area contributed by atoms with Crippen molar-refractivity contribution in [2.45, 2.75) is 33.2 Å². The maximum atomic E-state index is 14.0. The monoisotopic (exact) mass is 594 g/mol. The van der Waals surface area contributed by atoms with Crippen LogP contribution in [0.15, 0.2) is 106 Å². The van der Waals surface area contributed by atoms with Gasteiger partial charge in [0.15, 0.2) is 0 Å². The summed E-state index contributed by atoms with van der Waals surface area (Å²) in [5.41, 5.74) is 5.05. The van der Waals surface area contributed by atoms with Crippen LogP contribution >= 0.6 is 15.9 Å². The predicted molar refractivity (Wildman–Crippen MR) is 165 cm³/mol. The highest BCUT2D eigenvalue weighted by Gasteiger charge is 2.27. The fourth-order valence-corrected chi connectivity index (χ4v) is 5.36. The fourth-order valence-electron chi connectivity index (χ4n) is 4.97. The largest absolute Gasteiger partial charge is 0.322 e. The molecule has 1 N–H and O–H groups in total. The molecule has 0 spiro atoms. The molecule has 1 unspecified atom stereocenters. The first-order valence-corrected chi connectivity index (χ1v) is 14.1. The number of anilines is 1. The minimum absolute atomic E-state index is 0.159. The number of carbonyl (C=O) groups is 1. The molecule has 6 nitrogen and oxygen atoms in total. The number of carbonyl (C=O) groups excluding carboxylic acids is 1. The Morgan fingerprint density at radius 2 is 1.65 bits per heavy atom. The number of benzene rings is 4. The van der Waals surface area contributed by atoms with E-state index in [9.17, 15) is 9.59 Å². The zero-order chi connectivity index (χ0) is 28.2. The van der Waals surface area contributed by atoms with Gasteiger partial charge in [-0.15, -0.1) is 0 Å². The number of halogens is 1. The Hall–Kier alpha value is -4.23. The zero-order valence-corrected chi connectivity index (χ0v) is 24.4. The lowest BCUT2D eigenvalue weighted by atomic mass is 10.1. The number of urea groups is 1. The van der Waals surface area contributed by atoms with Crippen LogP contribution in [0.25, 0.3) is 16.6 Å². The summed E-state index contributed by atoms with van der Waals surface area (Å²) in [6, 6.07) is 30.1. The van der Waals surface area contributed by atoms with Gasteiger partial charge in [-0.05, 0) is 84.6 Å². The Labute approximate surface area is 242 Å². The van der Waals surface area contributed by atoms with Crippen molar-refractivity contribution in [3.63, 3.8) is 0 Å². The molecule has 1 heterocycles. The minimum Gasteiger partial charge on any atom is -0.314 e. The Kier molecular flexibility index (Phi) is 8.12. The summed E-state index contributed by atoms with van der Waals surface area (Å²) >= 11 is 3.53. The molecule has 0 aliphatic rings. The molecule has 0 aliphatic carbocycles. The summed E-state index contributed by atoms with van der Waals surface area (Å²) in [5.74, 6) is 0.506. The van der Waals surface area contributed by atoms with Crippen LogP contribution in [-0.2, 0) is 6.42 Å². The van der Waals surface area contributed by atoms with E-state index in [1.807, 2.05) is 93.6 Å². The number of nitrogens with zero attached hydrogens (tertiary/aromatic N) is 3. The number of aryl methyl sites for hydroxylation is 2.